The number of hydrogen-bond acceptors (Lipinski definition) is 2. The Morgan fingerprint density at radius 3 is 2.78 bits per heavy atom. The molecule has 1 saturated carbocycles. The van der Waals surface area contributed by atoms with Crippen LogP contribution in [0, 0.1) is 17.8 Å². The Morgan fingerprint density at radius 1 is 1.50 bits per heavy atom. The van der Waals surface area contributed by atoms with Gasteiger partial charge >= 0.3 is 0 Å². The van der Waals surface area contributed by atoms with Gasteiger partial charge in [-0.2, -0.15) is 0 Å². The summed E-state index contributed by atoms with van der Waals surface area (Å²) in [5.74, 6) is 3.20. The second-order valence-corrected chi connectivity index (χ2v) is 4.90. The van der Waals surface area contributed by atoms with Gasteiger partial charge in [-0.1, -0.05) is 25.7 Å². The third kappa shape index (κ3) is 5.02. The molecule has 18 heavy (non-hydrogen) atoms. The van der Waals surface area contributed by atoms with Gasteiger partial charge in [0, 0.05) is 19.0 Å². The van der Waals surface area contributed by atoms with Crippen LogP contribution in [0.5, 0.6) is 0 Å². The molecule has 0 aromatic rings. The molecule has 1 aliphatic carbocycles. The van der Waals surface area contributed by atoms with Crippen molar-refractivity contribution in [3.8, 4) is 12.3 Å². The first-order valence-electron chi connectivity index (χ1n) is 6.18. The number of rotatable bonds is 3. The highest BCUT2D eigenvalue weighted by Gasteiger charge is 2.35. The van der Waals surface area contributed by atoms with Crippen molar-refractivity contribution in [2.45, 2.75) is 38.7 Å². The molecule has 0 aromatic heterocycles. The molecule has 0 spiro atoms. The SMILES string of the molecule is C#CCNC(=NC)NCC1(C)CCCCC1O.I. The summed E-state index contributed by atoms with van der Waals surface area (Å²) in [7, 11) is 1.71. The molecule has 1 aliphatic rings. The first-order valence-corrected chi connectivity index (χ1v) is 6.18. The van der Waals surface area contributed by atoms with Crippen molar-refractivity contribution < 1.29 is 5.11 Å². The lowest BCUT2D eigenvalue weighted by Gasteiger charge is -2.38. The summed E-state index contributed by atoms with van der Waals surface area (Å²) >= 11 is 0. The van der Waals surface area contributed by atoms with Gasteiger partial charge in [-0.3, -0.25) is 4.99 Å². The molecule has 3 N–H and O–H groups in total. The highest BCUT2D eigenvalue weighted by molar-refractivity contribution is 14.0. The molecular formula is C13H24IN3O. The Labute approximate surface area is 127 Å². The topological polar surface area (TPSA) is 56.7 Å². The standard InChI is InChI=1S/C13H23N3O.HI/c1-4-9-15-12(14-3)16-10-13(2)8-6-5-7-11(13)17;/h1,11,17H,5-10H2,2-3H3,(H2,14,15,16);1H. The lowest BCUT2D eigenvalue weighted by molar-refractivity contribution is 0.00398. The van der Waals surface area contributed by atoms with Crippen LogP contribution < -0.4 is 10.6 Å². The van der Waals surface area contributed by atoms with Crippen LogP contribution in [0.1, 0.15) is 32.6 Å². The Morgan fingerprint density at radius 2 is 2.22 bits per heavy atom. The third-order valence-electron chi connectivity index (χ3n) is 3.52. The minimum Gasteiger partial charge on any atom is -0.392 e. The number of hydrogen-bond donors (Lipinski definition) is 3. The Kier molecular flexibility index (Phi) is 8.36. The smallest absolute Gasteiger partial charge is 0.191 e. The van der Waals surface area contributed by atoms with E-state index in [1.54, 1.807) is 7.05 Å². The second-order valence-electron chi connectivity index (χ2n) is 4.90. The van der Waals surface area contributed by atoms with Crippen LogP contribution in [0.25, 0.3) is 0 Å². The molecule has 0 aromatic carbocycles. The van der Waals surface area contributed by atoms with E-state index in [2.05, 4.69) is 28.5 Å². The fourth-order valence-corrected chi connectivity index (χ4v) is 2.23. The Balaban J connectivity index is 0.00000289. The first kappa shape index (κ1) is 17.5. The van der Waals surface area contributed by atoms with Crippen LogP contribution in [0.2, 0.25) is 0 Å². The van der Waals surface area contributed by atoms with Crippen LogP contribution in [0.3, 0.4) is 0 Å². The maximum atomic E-state index is 10.1. The van der Waals surface area contributed by atoms with Crippen LogP contribution >= 0.6 is 24.0 Å². The summed E-state index contributed by atoms with van der Waals surface area (Å²) in [4.78, 5) is 4.08. The quantitative estimate of drug-likeness (QED) is 0.306. The highest BCUT2D eigenvalue weighted by atomic mass is 127. The number of halogens is 1. The molecule has 2 atom stereocenters. The van der Waals surface area contributed by atoms with Crippen molar-refractivity contribution >= 4 is 29.9 Å². The molecular weight excluding hydrogens is 341 g/mol. The van der Waals surface area contributed by atoms with Gasteiger partial charge in [-0.25, -0.2) is 0 Å². The molecule has 0 aliphatic heterocycles. The molecule has 5 heteroatoms. The van der Waals surface area contributed by atoms with Crippen molar-refractivity contribution in [1.82, 2.24) is 10.6 Å². The van der Waals surface area contributed by atoms with E-state index in [4.69, 9.17) is 6.42 Å². The fourth-order valence-electron chi connectivity index (χ4n) is 2.23. The zero-order chi connectivity index (χ0) is 12.7. The number of terminal acetylenes is 1. The maximum Gasteiger partial charge on any atom is 0.191 e. The van der Waals surface area contributed by atoms with Gasteiger partial charge in [0.1, 0.15) is 0 Å². The van der Waals surface area contributed by atoms with E-state index < -0.39 is 0 Å². The lowest BCUT2D eigenvalue weighted by atomic mass is 9.73. The summed E-state index contributed by atoms with van der Waals surface area (Å²) in [6.45, 7) is 3.30. The number of aliphatic imine (C=N–C) groups is 1. The number of nitrogens with one attached hydrogen (secondary N) is 2. The van der Waals surface area contributed by atoms with Crippen molar-refractivity contribution in [3.63, 3.8) is 0 Å². The number of guanidine groups is 1. The summed E-state index contributed by atoms with van der Waals surface area (Å²) in [5.41, 5.74) is -0.0635. The minimum atomic E-state index is -0.227. The second kappa shape index (κ2) is 8.59. The third-order valence-corrected chi connectivity index (χ3v) is 3.52. The molecule has 1 rings (SSSR count). The first-order chi connectivity index (χ1) is 8.12. The molecule has 2 unspecified atom stereocenters. The zero-order valence-electron chi connectivity index (χ0n) is 11.2. The summed E-state index contributed by atoms with van der Waals surface area (Å²) in [6, 6.07) is 0. The molecule has 0 amide bonds. The molecule has 1 fully saturated rings. The molecule has 0 bridgehead atoms. The van der Waals surface area contributed by atoms with E-state index in [1.807, 2.05) is 0 Å². The van der Waals surface area contributed by atoms with Crippen LogP contribution in [-0.4, -0.2) is 37.3 Å². The molecule has 104 valence electrons. The predicted octanol–water partition coefficient (Wildman–Crippen LogP) is 1.34. The van der Waals surface area contributed by atoms with E-state index >= 15 is 0 Å². The molecule has 0 radical (unpaired) electrons. The fraction of sp³-hybridized carbons (Fsp3) is 0.769. The van der Waals surface area contributed by atoms with Gasteiger partial charge in [-0.15, -0.1) is 30.4 Å². The van der Waals surface area contributed by atoms with Gasteiger partial charge in [0.05, 0.1) is 12.6 Å². The number of aliphatic hydroxyl groups is 1. The van der Waals surface area contributed by atoms with E-state index in [-0.39, 0.29) is 35.5 Å². The van der Waals surface area contributed by atoms with Gasteiger partial charge in [0.25, 0.3) is 0 Å². The van der Waals surface area contributed by atoms with Gasteiger partial charge in [-0.05, 0) is 12.8 Å². The molecule has 0 heterocycles. The average molecular weight is 365 g/mol. The Hall–Kier alpha value is -0.480. The maximum absolute atomic E-state index is 10.1. The van der Waals surface area contributed by atoms with E-state index in [0.29, 0.717) is 12.5 Å². The van der Waals surface area contributed by atoms with Crippen molar-refractivity contribution in [2.24, 2.45) is 10.4 Å². The zero-order valence-corrected chi connectivity index (χ0v) is 13.5. The van der Waals surface area contributed by atoms with E-state index in [1.165, 1.54) is 6.42 Å². The van der Waals surface area contributed by atoms with Gasteiger partial charge in [0.15, 0.2) is 5.96 Å². The molecule has 4 nitrogen and oxygen atoms in total. The molecule has 0 saturated heterocycles. The summed E-state index contributed by atoms with van der Waals surface area (Å²) in [6.07, 6.45) is 9.21. The minimum absolute atomic E-state index is 0. The van der Waals surface area contributed by atoms with Crippen LogP contribution in [0.4, 0.5) is 0 Å². The van der Waals surface area contributed by atoms with Crippen molar-refractivity contribution in [2.75, 3.05) is 20.1 Å². The average Bonchev–Trinajstić information content (AvgIpc) is 2.34. The normalized spacial score (nSPS) is 27.9. The van der Waals surface area contributed by atoms with Gasteiger partial charge < -0.3 is 15.7 Å². The van der Waals surface area contributed by atoms with Crippen LogP contribution in [0.15, 0.2) is 4.99 Å². The summed E-state index contributed by atoms with van der Waals surface area (Å²) in [5, 5.41) is 16.3. The highest BCUT2D eigenvalue weighted by Crippen LogP contribution is 2.35. The number of aliphatic hydroxyl groups excluding tert-OH is 1. The van der Waals surface area contributed by atoms with E-state index in [9.17, 15) is 5.11 Å². The van der Waals surface area contributed by atoms with E-state index in [0.717, 1.165) is 25.8 Å². The van der Waals surface area contributed by atoms with Crippen LogP contribution in [-0.2, 0) is 0 Å². The van der Waals surface area contributed by atoms with Crippen molar-refractivity contribution in [3.05, 3.63) is 0 Å². The number of nitrogens with zero attached hydrogens (tertiary/aromatic N) is 1. The monoisotopic (exact) mass is 365 g/mol. The Bertz CT molecular complexity index is 314. The lowest BCUT2D eigenvalue weighted by Crippen LogP contribution is -2.48. The van der Waals surface area contributed by atoms with Crippen molar-refractivity contribution in [1.29, 1.82) is 0 Å². The summed E-state index contributed by atoms with van der Waals surface area (Å²) < 4.78 is 0. The predicted molar refractivity (Wildman–Crippen MR) is 86.2 cm³/mol. The van der Waals surface area contributed by atoms with Gasteiger partial charge in [0.2, 0.25) is 0 Å². The largest absolute Gasteiger partial charge is 0.392 e.